The molecular weight excluding hydrogens is 657 g/mol. The van der Waals surface area contributed by atoms with Gasteiger partial charge >= 0.3 is 0 Å². The Balaban J connectivity index is 1.87. The van der Waals surface area contributed by atoms with Crippen LogP contribution in [-0.4, -0.2) is 50.4 Å². The lowest BCUT2D eigenvalue weighted by Crippen LogP contribution is -2.56. The van der Waals surface area contributed by atoms with Crippen LogP contribution < -0.4 is 14.4 Å². The van der Waals surface area contributed by atoms with E-state index in [2.05, 4.69) is 5.32 Å². The van der Waals surface area contributed by atoms with E-state index in [0.717, 1.165) is 15.4 Å². The number of anilines is 1. The topological polar surface area (TPSA) is 96.0 Å². The van der Waals surface area contributed by atoms with Crippen molar-refractivity contribution in [2.45, 2.75) is 57.1 Å². The number of nitrogens with zero attached hydrogens (tertiary/aromatic N) is 2. The van der Waals surface area contributed by atoms with E-state index in [1.807, 2.05) is 58.0 Å². The van der Waals surface area contributed by atoms with Gasteiger partial charge in [0.25, 0.3) is 10.0 Å². The van der Waals surface area contributed by atoms with Crippen molar-refractivity contribution in [3.63, 3.8) is 0 Å². The fourth-order valence-corrected chi connectivity index (χ4v) is 6.84. The predicted molar refractivity (Wildman–Crippen MR) is 188 cm³/mol. The van der Waals surface area contributed by atoms with Gasteiger partial charge in [0.2, 0.25) is 11.8 Å². The quantitative estimate of drug-likeness (QED) is 0.171. The number of methoxy groups -OCH3 is 1. The summed E-state index contributed by atoms with van der Waals surface area (Å²) >= 11 is 12.7. The number of ether oxygens (including phenoxy) is 1. The van der Waals surface area contributed by atoms with Gasteiger partial charge in [0.15, 0.2) is 0 Å². The maximum atomic E-state index is 14.7. The highest BCUT2D eigenvalue weighted by Crippen LogP contribution is 2.35. The average molecular weight is 697 g/mol. The number of amides is 2. The first-order chi connectivity index (χ1) is 22.2. The van der Waals surface area contributed by atoms with Gasteiger partial charge in [-0.1, -0.05) is 83.4 Å². The van der Waals surface area contributed by atoms with Gasteiger partial charge in [-0.15, -0.1) is 0 Å². The molecule has 0 aromatic heterocycles. The molecule has 0 aliphatic carbocycles. The van der Waals surface area contributed by atoms with Crippen molar-refractivity contribution in [2.24, 2.45) is 0 Å². The molecule has 0 spiro atoms. The van der Waals surface area contributed by atoms with Crippen molar-refractivity contribution in [2.75, 3.05) is 18.0 Å². The first kappa shape index (κ1) is 35.8. The van der Waals surface area contributed by atoms with Gasteiger partial charge in [0, 0.05) is 28.5 Å². The summed E-state index contributed by atoms with van der Waals surface area (Å²) < 4.78 is 35.2. The number of hydrogen-bond acceptors (Lipinski definition) is 5. The molecule has 1 unspecified atom stereocenters. The van der Waals surface area contributed by atoms with E-state index in [0.29, 0.717) is 10.6 Å². The molecule has 0 fully saturated rings. The summed E-state index contributed by atoms with van der Waals surface area (Å²) in [6.45, 7) is 6.75. The number of carbonyl (C=O) groups excluding carboxylic acids is 2. The lowest BCUT2D eigenvalue weighted by Gasteiger charge is -2.35. The molecule has 0 aliphatic heterocycles. The third-order valence-corrected chi connectivity index (χ3v) is 9.55. The average Bonchev–Trinajstić information content (AvgIpc) is 3.01. The summed E-state index contributed by atoms with van der Waals surface area (Å²) in [5.74, 6) is -0.803. The number of aryl methyl sites for hydroxylation is 1. The minimum absolute atomic E-state index is 0.0143. The van der Waals surface area contributed by atoms with E-state index in [9.17, 15) is 18.0 Å². The Morgan fingerprint density at radius 2 is 1.49 bits per heavy atom. The van der Waals surface area contributed by atoms with Gasteiger partial charge in [-0.2, -0.15) is 0 Å². The van der Waals surface area contributed by atoms with Crippen LogP contribution in [0.2, 0.25) is 10.0 Å². The molecule has 11 heteroatoms. The van der Waals surface area contributed by atoms with Gasteiger partial charge in [0.1, 0.15) is 18.3 Å². The lowest BCUT2D eigenvalue weighted by molar-refractivity contribution is -0.140. The minimum Gasteiger partial charge on any atom is -0.495 e. The summed E-state index contributed by atoms with van der Waals surface area (Å²) in [4.78, 5) is 30.1. The normalized spacial score (nSPS) is 12.2. The molecule has 4 rings (SSSR count). The molecule has 0 bridgehead atoms. The molecule has 1 N–H and O–H groups in total. The summed E-state index contributed by atoms with van der Waals surface area (Å²) in [5.41, 5.74) is 1.83. The SMILES string of the molecule is COc1ccc(Cl)cc1N(CC(=O)N(Cc1cccc(Cl)c1)C(Cc1ccccc1)C(=O)NC(C)(C)C)S(=O)(=O)c1ccc(C)cc1. The highest BCUT2D eigenvalue weighted by atomic mass is 35.5. The Morgan fingerprint density at radius 1 is 0.851 bits per heavy atom. The number of carbonyl (C=O) groups is 2. The van der Waals surface area contributed by atoms with Gasteiger partial charge in [0.05, 0.1) is 17.7 Å². The third-order valence-electron chi connectivity index (χ3n) is 7.31. The Hall–Kier alpha value is -4.05. The summed E-state index contributed by atoms with van der Waals surface area (Å²) in [6.07, 6.45) is 0.181. The molecule has 2 amide bonds. The van der Waals surface area contributed by atoms with E-state index in [1.165, 1.54) is 30.2 Å². The van der Waals surface area contributed by atoms with Crippen LogP contribution in [0.3, 0.4) is 0 Å². The summed E-state index contributed by atoms with van der Waals surface area (Å²) in [6, 6.07) is 26.2. The van der Waals surface area contributed by atoms with Crippen molar-refractivity contribution in [1.82, 2.24) is 10.2 Å². The second-order valence-electron chi connectivity index (χ2n) is 12.2. The van der Waals surface area contributed by atoms with Crippen LogP contribution in [-0.2, 0) is 32.6 Å². The molecule has 0 saturated carbocycles. The molecule has 0 radical (unpaired) electrons. The Labute approximate surface area is 287 Å². The maximum absolute atomic E-state index is 14.7. The van der Waals surface area contributed by atoms with Crippen LogP contribution >= 0.6 is 23.2 Å². The number of hydrogen-bond donors (Lipinski definition) is 1. The monoisotopic (exact) mass is 695 g/mol. The number of rotatable bonds is 12. The second-order valence-corrected chi connectivity index (χ2v) is 15.0. The fraction of sp³-hybridized carbons (Fsp3) is 0.278. The molecule has 1 atom stereocenters. The first-order valence-electron chi connectivity index (χ1n) is 15.0. The molecule has 8 nitrogen and oxygen atoms in total. The van der Waals surface area contributed by atoms with Crippen LogP contribution in [0.1, 0.15) is 37.5 Å². The van der Waals surface area contributed by atoms with Crippen molar-refractivity contribution in [3.05, 3.63) is 124 Å². The zero-order chi connectivity index (χ0) is 34.4. The highest BCUT2D eigenvalue weighted by molar-refractivity contribution is 7.92. The summed E-state index contributed by atoms with van der Waals surface area (Å²) in [5, 5.41) is 3.72. The van der Waals surface area contributed by atoms with Crippen LogP contribution in [0.4, 0.5) is 5.69 Å². The van der Waals surface area contributed by atoms with E-state index < -0.39 is 34.1 Å². The van der Waals surface area contributed by atoms with Crippen LogP contribution in [0, 0.1) is 6.92 Å². The minimum atomic E-state index is -4.34. The van der Waals surface area contributed by atoms with Crippen LogP contribution in [0.15, 0.2) is 102 Å². The predicted octanol–water partition coefficient (Wildman–Crippen LogP) is 7.06. The van der Waals surface area contributed by atoms with Crippen molar-refractivity contribution >= 4 is 50.7 Å². The molecule has 4 aromatic carbocycles. The van der Waals surface area contributed by atoms with Crippen molar-refractivity contribution in [3.8, 4) is 5.75 Å². The lowest BCUT2D eigenvalue weighted by atomic mass is 10.0. The summed E-state index contributed by atoms with van der Waals surface area (Å²) in [7, 11) is -2.93. The van der Waals surface area contributed by atoms with Crippen molar-refractivity contribution < 1.29 is 22.7 Å². The molecular formula is C36H39Cl2N3O5S. The number of benzene rings is 4. The van der Waals surface area contributed by atoms with Gasteiger partial charge in [-0.05, 0) is 81.3 Å². The molecule has 0 saturated heterocycles. The van der Waals surface area contributed by atoms with E-state index in [4.69, 9.17) is 27.9 Å². The molecule has 0 aliphatic rings. The first-order valence-corrected chi connectivity index (χ1v) is 17.2. The molecule has 0 heterocycles. The van der Waals surface area contributed by atoms with E-state index in [-0.39, 0.29) is 40.2 Å². The maximum Gasteiger partial charge on any atom is 0.264 e. The molecule has 4 aromatic rings. The second kappa shape index (κ2) is 15.2. The van der Waals surface area contributed by atoms with E-state index in [1.54, 1.807) is 48.5 Å². The Kier molecular flexibility index (Phi) is 11.6. The van der Waals surface area contributed by atoms with Gasteiger partial charge < -0.3 is 15.0 Å². The van der Waals surface area contributed by atoms with Crippen molar-refractivity contribution in [1.29, 1.82) is 0 Å². The molecule has 47 heavy (non-hydrogen) atoms. The van der Waals surface area contributed by atoms with Crippen LogP contribution in [0.25, 0.3) is 0 Å². The zero-order valence-electron chi connectivity index (χ0n) is 27.0. The Morgan fingerprint density at radius 3 is 2.11 bits per heavy atom. The van der Waals surface area contributed by atoms with E-state index >= 15 is 0 Å². The van der Waals surface area contributed by atoms with Gasteiger partial charge in [-0.25, -0.2) is 8.42 Å². The zero-order valence-corrected chi connectivity index (χ0v) is 29.4. The fourth-order valence-electron chi connectivity index (χ4n) is 5.05. The Bertz CT molecular complexity index is 1810. The third kappa shape index (κ3) is 9.50. The smallest absolute Gasteiger partial charge is 0.264 e. The highest BCUT2D eigenvalue weighted by Gasteiger charge is 2.36. The van der Waals surface area contributed by atoms with Gasteiger partial charge in [-0.3, -0.25) is 13.9 Å². The molecule has 248 valence electrons. The largest absolute Gasteiger partial charge is 0.495 e. The van der Waals surface area contributed by atoms with Crippen LogP contribution in [0.5, 0.6) is 5.75 Å². The number of halogens is 2. The standard InChI is InChI=1S/C36H39Cl2N3O5S/c1-25-14-17-30(18-15-25)47(44,45)41(31-22-29(38)16-19-33(31)46-5)24-34(42)40(23-27-12-9-13-28(37)20-27)32(35(43)39-36(2,3)4)21-26-10-7-6-8-11-26/h6-20,22,32H,21,23-24H2,1-5H3,(H,39,43). The number of nitrogens with one attached hydrogen (secondary N) is 1. The number of sulfonamides is 1.